The molecule has 0 unspecified atom stereocenters. The summed E-state index contributed by atoms with van der Waals surface area (Å²) in [5.41, 5.74) is 0.908. The van der Waals surface area contributed by atoms with E-state index in [-0.39, 0.29) is 17.6 Å². The number of benzene rings is 1. The first-order chi connectivity index (χ1) is 9.08. The summed E-state index contributed by atoms with van der Waals surface area (Å²) < 4.78 is 5.00. The van der Waals surface area contributed by atoms with Crippen LogP contribution in [0.3, 0.4) is 0 Å². The van der Waals surface area contributed by atoms with Crippen LogP contribution in [0, 0.1) is 16.0 Å². The second-order valence-corrected chi connectivity index (χ2v) is 4.10. The summed E-state index contributed by atoms with van der Waals surface area (Å²) in [6.45, 7) is 5.72. The van der Waals surface area contributed by atoms with Gasteiger partial charge in [-0.05, 0) is 25.3 Å². The van der Waals surface area contributed by atoms with Crippen LogP contribution in [0.5, 0.6) is 0 Å². The molecule has 0 radical (unpaired) electrons. The van der Waals surface area contributed by atoms with Crippen molar-refractivity contribution in [2.24, 2.45) is 5.92 Å². The summed E-state index contributed by atoms with van der Waals surface area (Å²) in [5.74, 6) is -0.556. The normalized spacial score (nSPS) is 11.6. The van der Waals surface area contributed by atoms with E-state index >= 15 is 0 Å². The van der Waals surface area contributed by atoms with Crippen LogP contribution in [0.2, 0.25) is 0 Å². The zero-order valence-corrected chi connectivity index (χ0v) is 10.9. The fourth-order valence-corrected chi connectivity index (χ4v) is 1.76. The Morgan fingerprint density at radius 1 is 1.47 bits per heavy atom. The van der Waals surface area contributed by atoms with Crippen molar-refractivity contribution in [3.05, 3.63) is 52.6 Å². The van der Waals surface area contributed by atoms with Crippen molar-refractivity contribution in [3.63, 3.8) is 0 Å². The lowest BCUT2D eigenvalue weighted by Gasteiger charge is -2.13. The Labute approximate surface area is 112 Å². The second kappa shape index (κ2) is 7.31. The fraction of sp³-hybridized carbons (Fsp3) is 0.357. The molecule has 5 nitrogen and oxygen atoms in total. The average Bonchev–Trinajstić information content (AvgIpc) is 2.39. The molecule has 1 rings (SSSR count). The van der Waals surface area contributed by atoms with Gasteiger partial charge >= 0.3 is 5.97 Å². The third-order valence-electron chi connectivity index (χ3n) is 2.70. The van der Waals surface area contributed by atoms with E-state index in [1.54, 1.807) is 25.1 Å². The Kier molecular flexibility index (Phi) is 5.73. The maximum atomic E-state index is 11.7. The molecule has 0 aliphatic carbocycles. The van der Waals surface area contributed by atoms with E-state index < -0.39 is 4.92 Å². The predicted octanol–water partition coefficient (Wildman–Crippen LogP) is 2.89. The number of rotatable bonds is 7. The number of hydrogen-bond acceptors (Lipinski definition) is 4. The Balaban J connectivity index is 2.75. The van der Waals surface area contributed by atoms with E-state index in [1.165, 1.54) is 12.1 Å². The van der Waals surface area contributed by atoms with Gasteiger partial charge in [0, 0.05) is 12.1 Å². The molecule has 0 spiro atoms. The molecule has 0 heterocycles. The minimum atomic E-state index is -0.448. The number of nitro benzene ring substituents is 1. The Morgan fingerprint density at radius 2 is 2.11 bits per heavy atom. The highest BCUT2D eigenvalue weighted by Crippen LogP contribution is 2.18. The molecule has 0 N–H and O–H groups in total. The van der Waals surface area contributed by atoms with Crippen molar-refractivity contribution in [3.8, 4) is 0 Å². The molecule has 1 aromatic rings. The van der Waals surface area contributed by atoms with Gasteiger partial charge in [-0.3, -0.25) is 14.9 Å². The summed E-state index contributed by atoms with van der Waals surface area (Å²) in [5, 5.41) is 10.5. The summed E-state index contributed by atoms with van der Waals surface area (Å²) in [6.07, 6.45) is 2.69. The zero-order valence-electron chi connectivity index (χ0n) is 10.9. The highest BCUT2D eigenvalue weighted by atomic mass is 16.6. The molecule has 0 aliphatic heterocycles. The van der Waals surface area contributed by atoms with E-state index in [4.69, 9.17) is 4.74 Å². The quantitative estimate of drug-likeness (QED) is 0.328. The van der Waals surface area contributed by atoms with E-state index in [9.17, 15) is 14.9 Å². The van der Waals surface area contributed by atoms with Crippen molar-refractivity contribution >= 4 is 11.7 Å². The molecule has 0 aliphatic rings. The maximum Gasteiger partial charge on any atom is 0.309 e. The largest absolute Gasteiger partial charge is 0.466 e. The molecular weight excluding hydrogens is 246 g/mol. The summed E-state index contributed by atoms with van der Waals surface area (Å²) in [7, 11) is 0. The van der Waals surface area contributed by atoms with Crippen LogP contribution in [-0.2, 0) is 16.0 Å². The fourth-order valence-electron chi connectivity index (χ4n) is 1.76. The highest BCUT2D eigenvalue weighted by Gasteiger charge is 2.19. The van der Waals surface area contributed by atoms with Gasteiger partial charge < -0.3 is 4.74 Å². The number of hydrogen-bond donors (Lipinski definition) is 0. The third-order valence-corrected chi connectivity index (χ3v) is 2.70. The summed E-state index contributed by atoms with van der Waals surface area (Å²) in [6, 6.07) is 6.19. The lowest BCUT2D eigenvalue weighted by molar-refractivity contribution is -0.384. The SMILES string of the molecule is C=CC[C@@H](Cc1ccc([N+](=O)[O-])cc1)C(=O)OCC. The van der Waals surface area contributed by atoms with E-state index in [0.29, 0.717) is 19.4 Å². The topological polar surface area (TPSA) is 69.4 Å². The van der Waals surface area contributed by atoms with Crippen LogP contribution in [0.4, 0.5) is 5.69 Å². The highest BCUT2D eigenvalue weighted by molar-refractivity contribution is 5.73. The summed E-state index contributed by atoms with van der Waals surface area (Å²) >= 11 is 0. The first-order valence-corrected chi connectivity index (χ1v) is 6.09. The molecule has 0 amide bonds. The van der Waals surface area contributed by atoms with Gasteiger partial charge in [0.2, 0.25) is 0 Å². The zero-order chi connectivity index (χ0) is 14.3. The van der Waals surface area contributed by atoms with Crippen molar-refractivity contribution in [1.82, 2.24) is 0 Å². The molecule has 5 heteroatoms. The standard InChI is InChI=1S/C14H17NO4/c1-3-5-12(14(16)19-4-2)10-11-6-8-13(9-7-11)15(17)18/h3,6-9,12H,1,4-5,10H2,2H3/t12-/m0/s1. The molecule has 1 aromatic carbocycles. The van der Waals surface area contributed by atoms with Crippen LogP contribution in [-0.4, -0.2) is 17.5 Å². The van der Waals surface area contributed by atoms with Crippen LogP contribution in [0.15, 0.2) is 36.9 Å². The Morgan fingerprint density at radius 3 is 2.58 bits per heavy atom. The molecule has 102 valence electrons. The van der Waals surface area contributed by atoms with Gasteiger partial charge in [-0.25, -0.2) is 0 Å². The minimum absolute atomic E-state index is 0.0418. The Bertz CT molecular complexity index is 453. The number of nitrogens with zero attached hydrogens (tertiary/aromatic N) is 1. The Hall–Kier alpha value is -2.17. The van der Waals surface area contributed by atoms with Crippen LogP contribution in [0.25, 0.3) is 0 Å². The molecule has 0 bridgehead atoms. The number of ether oxygens (including phenoxy) is 1. The van der Waals surface area contributed by atoms with Gasteiger partial charge in [-0.1, -0.05) is 18.2 Å². The number of esters is 1. The van der Waals surface area contributed by atoms with Crippen molar-refractivity contribution in [2.45, 2.75) is 19.8 Å². The molecule has 0 saturated heterocycles. The molecule has 0 fully saturated rings. The first-order valence-electron chi connectivity index (χ1n) is 6.09. The average molecular weight is 263 g/mol. The van der Waals surface area contributed by atoms with E-state index in [1.807, 2.05) is 0 Å². The van der Waals surface area contributed by atoms with E-state index in [0.717, 1.165) is 5.56 Å². The number of carbonyl (C=O) groups is 1. The molecule has 19 heavy (non-hydrogen) atoms. The number of allylic oxidation sites excluding steroid dienone is 1. The van der Waals surface area contributed by atoms with Crippen LogP contribution >= 0.6 is 0 Å². The van der Waals surface area contributed by atoms with Gasteiger partial charge in [0.15, 0.2) is 0 Å². The van der Waals surface area contributed by atoms with Gasteiger partial charge in [0.1, 0.15) is 0 Å². The van der Waals surface area contributed by atoms with Crippen LogP contribution < -0.4 is 0 Å². The van der Waals surface area contributed by atoms with Crippen molar-refractivity contribution < 1.29 is 14.5 Å². The van der Waals surface area contributed by atoms with Gasteiger partial charge in [0.05, 0.1) is 17.4 Å². The molecule has 0 aromatic heterocycles. The minimum Gasteiger partial charge on any atom is -0.466 e. The van der Waals surface area contributed by atoms with Crippen LogP contribution in [0.1, 0.15) is 18.9 Å². The van der Waals surface area contributed by atoms with E-state index in [2.05, 4.69) is 6.58 Å². The third kappa shape index (κ3) is 4.54. The van der Waals surface area contributed by atoms with Gasteiger partial charge in [0.25, 0.3) is 5.69 Å². The maximum absolute atomic E-state index is 11.7. The first kappa shape index (κ1) is 14.9. The molecule has 1 atom stereocenters. The predicted molar refractivity (Wildman–Crippen MR) is 71.7 cm³/mol. The lowest BCUT2D eigenvalue weighted by atomic mass is 9.96. The van der Waals surface area contributed by atoms with Gasteiger partial charge in [-0.2, -0.15) is 0 Å². The number of nitro groups is 1. The van der Waals surface area contributed by atoms with Crippen molar-refractivity contribution in [1.29, 1.82) is 0 Å². The molecule has 0 saturated carbocycles. The smallest absolute Gasteiger partial charge is 0.309 e. The van der Waals surface area contributed by atoms with Crippen molar-refractivity contribution in [2.75, 3.05) is 6.61 Å². The second-order valence-electron chi connectivity index (χ2n) is 4.10. The number of carbonyl (C=O) groups excluding carboxylic acids is 1. The molecular formula is C14H17NO4. The lowest BCUT2D eigenvalue weighted by Crippen LogP contribution is -2.19. The summed E-state index contributed by atoms with van der Waals surface area (Å²) in [4.78, 5) is 21.8. The van der Waals surface area contributed by atoms with Gasteiger partial charge in [-0.15, -0.1) is 6.58 Å². The monoisotopic (exact) mass is 263 g/mol. The number of non-ortho nitro benzene ring substituents is 1.